The molecule has 0 aliphatic rings. The summed E-state index contributed by atoms with van der Waals surface area (Å²) in [5, 5.41) is 18.4. The normalized spacial score (nSPS) is 11.2. The summed E-state index contributed by atoms with van der Waals surface area (Å²) in [5.74, 6) is -1.35. The molecule has 0 saturated carbocycles. The predicted molar refractivity (Wildman–Crippen MR) is 178 cm³/mol. The Morgan fingerprint density at radius 2 is 1.41 bits per heavy atom. The van der Waals surface area contributed by atoms with Gasteiger partial charge in [-0.1, -0.05) is 35.8 Å². The molecular formula is C32H32N6O6S2. The van der Waals surface area contributed by atoms with Crippen molar-refractivity contribution in [3.8, 4) is 0 Å². The van der Waals surface area contributed by atoms with Gasteiger partial charge in [0.2, 0.25) is 5.13 Å². The Kier molecular flexibility index (Phi) is 12.8. The highest BCUT2D eigenvalue weighted by atomic mass is 32.1. The van der Waals surface area contributed by atoms with Crippen LogP contribution in [-0.2, 0) is 23.8 Å². The Morgan fingerprint density at radius 3 is 2.04 bits per heavy atom. The van der Waals surface area contributed by atoms with E-state index >= 15 is 0 Å². The zero-order valence-corrected chi connectivity index (χ0v) is 26.8. The number of thiazole rings is 1. The van der Waals surface area contributed by atoms with Crippen LogP contribution in [0.1, 0.15) is 30.1 Å². The minimum atomic E-state index is -0.471. The topological polar surface area (TPSA) is 144 Å². The minimum absolute atomic E-state index is 0.225. The van der Waals surface area contributed by atoms with E-state index in [2.05, 4.69) is 43.5 Å². The number of aromatic nitrogens is 1. The van der Waals surface area contributed by atoms with E-state index < -0.39 is 17.9 Å². The molecule has 0 unspecified atom stereocenters. The van der Waals surface area contributed by atoms with Gasteiger partial charge >= 0.3 is 17.9 Å². The van der Waals surface area contributed by atoms with Gasteiger partial charge < -0.3 is 19.1 Å². The second-order valence-electron chi connectivity index (χ2n) is 9.38. The number of anilines is 1. The fourth-order valence-electron chi connectivity index (χ4n) is 3.87. The zero-order chi connectivity index (χ0) is 32.7. The summed E-state index contributed by atoms with van der Waals surface area (Å²) in [4.78, 5) is 41.9. The molecule has 0 spiro atoms. The molecule has 4 aromatic rings. The van der Waals surface area contributed by atoms with Crippen LogP contribution in [0.3, 0.4) is 0 Å². The highest BCUT2D eigenvalue weighted by Crippen LogP contribution is 2.39. The van der Waals surface area contributed by atoms with Crippen LogP contribution in [0.2, 0.25) is 0 Å². The number of nitrogens with zero attached hydrogens (tertiary/aromatic N) is 6. The van der Waals surface area contributed by atoms with E-state index in [1.54, 1.807) is 24.3 Å². The van der Waals surface area contributed by atoms with Gasteiger partial charge in [0.15, 0.2) is 0 Å². The molecule has 0 N–H and O–H groups in total. The van der Waals surface area contributed by atoms with Gasteiger partial charge in [0, 0.05) is 24.4 Å². The van der Waals surface area contributed by atoms with Crippen LogP contribution >= 0.6 is 22.7 Å². The molecule has 0 bridgehead atoms. The monoisotopic (exact) mass is 660 g/mol. The Labute approximate surface area is 273 Å². The molecular weight excluding hydrogens is 629 g/mol. The molecule has 46 heavy (non-hydrogen) atoms. The van der Waals surface area contributed by atoms with Crippen molar-refractivity contribution in [2.75, 3.05) is 37.8 Å². The summed E-state index contributed by atoms with van der Waals surface area (Å²) in [6.07, 6.45) is 3.42. The van der Waals surface area contributed by atoms with Crippen LogP contribution in [0.5, 0.6) is 0 Å². The molecule has 12 nitrogen and oxygen atoms in total. The van der Waals surface area contributed by atoms with Crippen LogP contribution in [-0.4, -0.2) is 55.8 Å². The number of likely N-dealkylation sites (N-methyl/N-ethyl adjacent to an activating group) is 1. The predicted octanol–water partition coefficient (Wildman–Crippen LogP) is 8.41. The van der Waals surface area contributed by atoms with Gasteiger partial charge in [0.25, 0.3) is 0 Å². The maximum atomic E-state index is 12.2. The van der Waals surface area contributed by atoms with Crippen molar-refractivity contribution in [2.24, 2.45) is 20.5 Å². The standard InChI is InChI=1S/C32H32N6O6S2/c1-4-28(39)42-18-7-8-19-44-31(41)22-9-11-23(12-10-22)34-36-27-21-26-30(46-27)33-32(45-26)37-35-24-13-15-25(16-14-24)38(6-3)17-20-43-29(40)5-2/h4-5,9-16,21H,1-2,6-8,17-20H2,3H3. The molecule has 0 fully saturated rings. The number of ether oxygens (including phenoxy) is 3. The van der Waals surface area contributed by atoms with Gasteiger partial charge in [-0.3, -0.25) is 0 Å². The van der Waals surface area contributed by atoms with Gasteiger partial charge in [-0.2, -0.15) is 0 Å². The summed E-state index contributed by atoms with van der Waals surface area (Å²) in [6.45, 7) is 10.8. The highest BCUT2D eigenvalue weighted by molar-refractivity contribution is 7.30. The average Bonchev–Trinajstić information content (AvgIpc) is 3.65. The Morgan fingerprint density at radius 1 is 0.804 bits per heavy atom. The van der Waals surface area contributed by atoms with Crippen molar-refractivity contribution in [1.29, 1.82) is 0 Å². The van der Waals surface area contributed by atoms with Crippen molar-refractivity contribution in [3.05, 3.63) is 85.5 Å². The number of carbonyl (C=O) groups is 3. The number of hydrogen-bond acceptors (Lipinski definition) is 14. The summed E-state index contributed by atoms with van der Waals surface area (Å²) < 4.78 is 16.1. The molecule has 238 valence electrons. The molecule has 0 saturated heterocycles. The molecule has 0 aliphatic heterocycles. The lowest BCUT2D eigenvalue weighted by atomic mass is 10.2. The third-order valence-corrected chi connectivity index (χ3v) is 8.16. The molecule has 0 radical (unpaired) electrons. The van der Waals surface area contributed by atoms with E-state index in [4.69, 9.17) is 14.2 Å². The van der Waals surface area contributed by atoms with Gasteiger partial charge in [0.1, 0.15) is 16.4 Å². The van der Waals surface area contributed by atoms with Crippen LogP contribution < -0.4 is 4.90 Å². The van der Waals surface area contributed by atoms with E-state index in [1.165, 1.54) is 22.7 Å². The fraction of sp³-hybridized carbons (Fsp3) is 0.250. The number of benzene rings is 2. The Hall–Kier alpha value is -5.08. The maximum absolute atomic E-state index is 12.2. The van der Waals surface area contributed by atoms with Gasteiger partial charge in [-0.05, 0) is 74.4 Å². The first-order valence-corrected chi connectivity index (χ1v) is 16.0. The Bertz CT molecular complexity index is 1680. The first-order valence-electron chi connectivity index (χ1n) is 14.3. The van der Waals surface area contributed by atoms with Crippen LogP contribution in [0.4, 0.5) is 27.2 Å². The third-order valence-electron chi connectivity index (χ3n) is 6.23. The number of unbranched alkanes of at least 4 members (excludes halogenated alkanes) is 1. The smallest absolute Gasteiger partial charge is 0.338 e. The number of carbonyl (C=O) groups excluding carboxylic acids is 3. The number of hydrogen-bond donors (Lipinski definition) is 0. The largest absolute Gasteiger partial charge is 0.463 e. The van der Waals surface area contributed by atoms with Crippen molar-refractivity contribution < 1.29 is 28.6 Å². The van der Waals surface area contributed by atoms with E-state index in [0.717, 1.165) is 33.9 Å². The van der Waals surface area contributed by atoms with Gasteiger partial charge in [0.05, 0.1) is 41.4 Å². The van der Waals surface area contributed by atoms with Crippen molar-refractivity contribution in [2.45, 2.75) is 19.8 Å². The van der Waals surface area contributed by atoms with E-state index in [1.807, 2.05) is 37.3 Å². The quantitative estimate of drug-likeness (QED) is 0.0361. The van der Waals surface area contributed by atoms with E-state index in [-0.39, 0.29) is 19.8 Å². The molecule has 4 rings (SSSR count). The Balaban J connectivity index is 1.25. The third kappa shape index (κ3) is 10.2. The van der Waals surface area contributed by atoms with Crippen molar-refractivity contribution >= 4 is 77.3 Å². The fourth-order valence-corrected chi connectivity index (χ4v) is 5.72. The van der Waals surface area contributed by atoms with Crippen LogP contribution in [0, 0.1) is 0 Å². The van der Waals surface area contributed by atoms with Crippen LogP contribution in [0.25, 0.3) is 9.53 Å². The number of thiophene rings is 1. The lowest BCUT2D eigenvalue weighted by molar-refractivity contribution is -0.138. The zero-order valence-electron chi connectivity index (χ0n) is 25.2. The summed E-state index contributed by atoms with van der Waals surface area (Å²) in [6, 6.07) is 16.2. The van der Waals surface area contributed by atoms with Crippen molar-refractivity contribution in [1.82, 2.24) is 4.98 Å². The molecule has 14 heteroatoms. The maximum Gasteiger partial charge on any atom is 0.338 e. The molecule has 2 aromatic heterocycles. The number of rotatable bonds is 17. The van der Waals surface area contributed by atoms with Crippen LogP contribution in [0.15, 0.2) is 100 Å². The number of esters is 3. The second-order valence-corrected chi connectivity index (χ2v) is 11.4. The highest BCUT2D eigenvalue weighted by Gasteiger charge is 2.10. The number of azo groups is 2. The minimum Gasteiger partial charge on any atom is -0.463 e. The lowest BCUT2D eigenvalue weighted by Gasteiger charge is -2.22. The number of fused-ring (bicyclic) bond motifs is 1. The van der Waals surface area contributed by atoms with Gasteiger partial charge in [-0.25, -0.2) is 19.4 Å². The second kappa shape index (κ2) is 17.4. The van der Waals surface area contributed by atoms with Crippen molar-refractivity contribution in [3.63, 3.8) is 0 Å². The molecule has 2 aromatic carbocycles. The summed E-state index contributed by atoms with van der Waals surface area (Å²) in [5.41, 5.74) is 2.67. The average molecular weight is 661 g/mol. The molecule has 0 amide bonds. The first-order chi connectivity index (χ1) is 22.4. The molecule has 2 heterocycles. The summed E-state index contributed by atoms with van der Waals surface area (Å²) >= 11 is 2.80. The summed E-state index contributed by atoms with van der Waals surface area (Å²) in [7, 11) is 0. The molecule has 0 aliphatic carbocycles. The lowest BCUT2D eigenvalue weighted by Crippen LogP contribution is -2.27. The molecule has 0 atom stereocenters. The van der Waals surface area contributed by atoms with Gasteiger partial charge in [-0.15, -0.1) is 20.5 Å². The van der Waals surface area contributed by atoms with E-state index in [0.29, 0.717) is 46.5 Å². The SMILES string of the molecule is C=CC(=O)OCCCCOC(=O)c1ccc(N=Nc2cc3sc(N=Nc4ccc(N(CC)CCOC(=O)C=C)cc4)nc3s2)cc1. The van der Waals surface area contributed by atoms with E-state index in [9.17, 15) is 14.4 Å². The first kappa shape index (κ1) is 33.8.